The number of carbonyl (C=O) groups is 2. The molecule has 16 heavy (non-hydrogen) atoms. The molecule has 0 aromatic heterocycles. The molecule has 0 radical (unpaired) electrons. The molecular weight excluding hydrogens is 211 g/mol. The Morgan fingerprint density at radius 1 is 1.31 bits per heavy atom. The number of nitrogens with one attached hydrogen (secondary N) is 1. The summed E-state index contributed by atoms with van der Waals surface area (Å²) in [7, 11) is 0. The van der Waals surface area contributed by atoms with E-state index in [2.05, 4.69) is 5.32 Å². The number of carbonyl (C=O) groups excluding carboxylic acids is 1. The van der Waals surface area contributed by atoms with Crippen LogP contribution in [0.5, 0.6) is 0 Å². The van der Waals surface area contributed by atoms with E-state index in [0.717, 1.165) is 0 Å². The van der Waals surface area contributed by atoms with Gasteiger partial charge in [-0.25, -0.2) is 9.59 Å². The molecule has 0 aliphatic heterocycles. The number of carboxylic acids is 1. The maximum Gasteiger partial charge on any atom is 0.408 e. The molecule has 5 nitrogen and oxygen atoms in total. The van der Waals surface area contributed by atoms with Crippen molar-refractivity contribution in [3.8, 4) is 0 Å². The van der Waals surface area contributed by atoms with Crippen LogP contribution in [0.2, 0.25) is 0 Å². The third kappa shape index (κ3) is 7.09. The Kier molecular flexibility index (Phi) is 5.27. The van der Waals surface area contributed by atoms with Crippen LogP contribution in [-0.4, -0.2) is 28.8 Å². The second-order valence-corrected chi connectivity index (χ2v) is 5.17. The molecule has 94 valence electrons. The van der Waals surface area contributed by atoms with Crippen LogP contribution in [0, 0.1) is 5.92 Å². The van der Waals surface area contributed by atoms with E-state index in [9.17, 15) is 9.59 Å². The van der Waals surface area contributed by atoms with Gasteiger partial charge in [0.15, 0.2) is 0 Å². The van der Waals surface area contributed by atoms with Crippen molar-refractivity contribution in [2.45, 2.75) is 52.7 Å². The fraction of sp³-hybridized carbons (Fsp3) is 0.818. The van der Waals surface area contributed by atoms with Crippen LogP contribution in [-0.2, 0) is 9.53 Å². The van der Waals surface area contributed by atoms with E-state index in [0.29, 0.717) is 6.42 Å². The van der Waals surface area contributed by atoms with Gasteiger partial charge in [-0.05, 0) is 33.1 Å². The van der Waals surface area contributed by atoms with Gasteiger partial charge in [0.1, 0.15) is 11.6 Å². The fourth-order valence-corrected chi connectivity index (χ4v) is 1.14. The third-order valence-corrected chi connectivity index (χ3v) is 1.70. The molecular formula is C11H21NO4. The molecule has 0 heterocycles. The van der Waals surface area contributed by atoms with Crippen molar-refractivity contribution in [1.82, 2.24) is 5.32 Å². The average Bonchev–Trinajstić information content (AvgIpc) is 1.97. The van der Waals surface area contributed by atoms with Gasteiger partial charge in [-0.2, -0.15) is 0 Å². The van der Waals surface area contributed by atoms with Gasteiger partial charge in [-0.15, -0.1) is 0 Å². The van der Waals surface area contributed by atoms with Crippen LogP contribution in [0.15, 0.2) is 0 Å². The maximum atomic E-state index is 11.4. The maximum absolute atomic E-state index is 11.4. The summed E-state index contributed by atoms with van der Waals surface area (Å²) in [6.45, 7) is 8.97. The van der Waals surface area contributed by atoms with Gasteiger partial charge in [0.2, 0.25) is 0 Å². The highest BCUT2D eigenvalue weighted by Crippen LogP contribution is 2.09. The molecule has 2 N–H and O–H groups in total. The Labute approximate surface area is 96.2 Å². The molecule has 5 heteroatoms. The third-order valence-electron chi connectivity index (χ3n) is 1.70. The summed E-state index contributed by atoms with van der Waals surface area (Å²) in [4.78, 5) is 22.2. The summed E-state index contributed by atoms with van der Waals surface area (Å²) in [5.74, 6) is -0.851. The van der Waals surface area contributed by atoms with Crippen LogP contribution in [0.3, 0.4) is 0 Å². The lowest BCUT2D eigenvalue weighted by atomic mass is 10.1. The van der Waals surface area contributed by atoms with E-state index in [-0.39, 0.29) is 5.92 Å². The minimum Gasteiger partial charge on any atom is -0.480 e. The summed E-state index contributed by atoms with van der Waals surface area (Å²) < 4.78 is 4.99. The van der Waals surface area contributed by atoms with Crippen molar-refractivity contribution >= 4 is 12.1 Å². The highest BCUT2D eigenvalue weighted by molar-refractivity contribution is 5.79. The minimum atomic E-state index is -1.04. The molecule has 0 saturated heterocycles. The summed E-state index contributed by atoms with van der Waals surface area (Å²) in [5, 5.41) is 11.2. The monoisotopic (exact) mass is 232 g/mol. The number of hydrogen-bond donors (Lipinski definition) is 2. The largest absolute Gasteiger partial charge is 0.480 e. The Hall–Kier alpha value is -1.26. The van der Waals surface area contributed by atoms with Crippen LogP contribution in [0.1, 0.15) is 41.0 Å². The van der Waals surface area contributed by atoms with Crippen molar-refractivity contribution in [2.75, 3.05) is 0 Å². The number of carboxylic acid groups (broad SMARTS) is 1. The van der Waals surface area contributed by atoms with Crippen molar-refractivity contribution in [2.24, 2.45) is 5.92 Å². The molecule has 0 saturated carbocycles. The van der Waals surface area contributed by atoms with Gasteiger partial charge in [0.25, 0.3) is 0 Å². The molecule has 0 rings (SSSR count). The topological polar surface area (TPSA) is 75.6 Å². The predicted octanol–water partition coefficient (Wildman–Crippen LogP) is 2.01. The molecule has 0 unspecified atom stereocenters. The number of amides is 1. The van der Waals surface area contributed by atoms with E-state index in [4.69, 9.17) is 9.84 Å². The smallest absolute Gasteiger partial charge is 0.408 e. The van der Waals surface area contributed by atoms with Gasteiger partial charge in [-0.3, -0.25) is 0 Å². The lowest BCUT2D eigenvalue weighted by Gasteiger charge is -2.22. The van der Waals surface area contributed by atoms with Crippen LogP contribution in [0.25, 0.3) is 0 Å². The Morgan fingerprint density at radius 2 is 1.81 bits per heavy atom. The zero-order valence-corrected chi connectivity index (χ0v) is 10.5. The van der Waals surface area contributed by atoms with Crippen LogP contribution < -0.4 is 5.32 Å². The summed E-state index contributed by atoms with van der Waals surface area (Å²) >= 11 is 0. The van der Waals surface area contributed by atoms with Gasteiger partial charge < -0.3 is 15.2 Å². The van der Waals surface area contributed by atoms with E-state index in [1.165, 1.54) is 0 Å². The Balaban J connectivity index is 4.30. The number of hydrogen-bond acceptors (Lipinski definition) is 3. The molecule has 0 aliphatic rings. The molecule has 1 amide bonds. The van der Waals surface area contributed by atoms with Crippen LogP contribution >= 0.6 is 0 Å². The first-order chi connectivity index (χ1) is 7.11. The summed E-state index contributed by atoms with van der Waals surface area (Å²) in [6.07, 6.45) is -0.310. The molecule has 0 spiro atoms. The number of ether oxygens (including phenoxy) is 1. The highest BCUT2D eigenvalue weighted by atomic mass is 16.6. The first-order valence-corrected chi connectivity index (χ1v) is 5.34. The lowest BCUT2D eigenvalue weighted by molar-refractivity contribution is -0.139. The van der Waals surface area contributed by atoms with E-state index < -0.39 is 23.7 Å². The fourth-order valence-electron chi connectivity index (χ4n) is 1.14. The van der Waals surface area contributed by atoms with Crippen molar-refractivity contribution in [3.05, 3.63) is 0 Å². The summed E-state index contributed by atoms with van der Waals surface area (Å²) in [6, 6.07) is -0.894. The molecule has 0 aromatic carbocycles. The van der Waals surface area contributed by atoms with Crippen molar-refractivity contribution in [1.29, 1.82) is 0 Å². The Bertz CT molecular complexity index is 255. The van der Waals surface area contributed by atoms with Gasteiger partial charge >= 0.3 is 12.1 Å². The van der Waals surface area contributed by atoms with Gasteiger partial charge in [-0.1, -0.05) is 13.8 Å². The Morgan fingerprint density at radius 3 is 2.12 bits per heavy atom. The van der Waals surface area contributed by atoms with Crippen molar-refractivity contribution < 1.29 is 19.4 Å². The van der Waals surface area contributed by atoms with E-state index >= 15 is 0 Å². The standard InChI is InChI=1S/C11H21NO4/c1-7(2)6-8(9(13)14)12-10(15)16-11(3,4)5/h7-8H,6H2,1-5H3,(H,12,15)(H,13,14)/t8-/m0/s1/i9+1. The first-order valence-electron chi connectivity index (χ1n) is 5.34. The normalized spacial score (nSPS) is 13.4. The number of aliphatic carboxylic acids is 1. The summed E-state index contributed by atoms with van der Waals surface area (Å²) in [5.41, 5.74) is -0.620. The van der Waals surface area contributed by atoms with E-state index in [1.807, 2.05) is 13.8 Å². The minimum absolute atomic E-state index is 0.191. The zero-order valence-electron chi connectivity index (χ0n) is 10.5. The quantitative estimate of drug-likeness (QED) is 0.727. The van der Waals surface area contributed by atoms with Gasteiger partial charge in [0.05, 0.1) is 0 Å². The SMILES string of the molecule is CC(C)C[C@H](NC(=O)OC(C)(C)C)[13C](=O)O. The first kappa shape index (κ1) is 14.7. The van der Waals surface area contributed by atoms with Crippen LogP contribution in [0.4, 0.5) is 4.79 Å². The predicted molar refractivity (Wildman–Crippen MR) is 60.2 cm³/mol. The molecule has 0 fully saturated rings. The zero-order chi connectivity index (χ0) is 12.9. The van der Waals surface area contributed by atoms with Gasteiger partial charge in [0, 0.05) is 0 Å². The average molecular weight is 232 g/mol. The molecule has 1 atom stereocenters. The second-order valence-electron chi connectivity index (χ2n) is 5.17. The lowest BCUT2D eigenvalue weighted by Crippen LogP contribution is -2.44. The molecule has 0 bridgehead atoms. The molecule has 0 aromatic rings. The highest BCUT2D eigenvalue weighted by Gasteiger charge is 2.24. The van der Waals surface area contributed by atoms with E-state index in [1.54, 1.807) is 20.8 Å². The molecule has 0 aliphatic carbocycles. The van der Waals surface area contributed by atoms with Crippen molar-refractivity contribution in [3.63, 3.8) is 0 Å². The second kappa shape index (κ2) is 5.72. The number of rotatable bonds is 4. The number of alkyl carbamates (subject to hydrolysis) is 1.